The van der Waals surface area contributed by atoms with Crippen molar-refractivity contribution in [2.24, 2.45) is 5.92 Å². The van der Waals surface area contributed by atoms with Gasteiger partial charge in [0.1, 0.15) is 0 Å². The van der Waals surface area contributed by atoms with Crippen molar-refractivity contribution in [3.8, 4) is 0 Å². The molecule has 1 aromatic carbocycles. The third-order valence-corrected chi connectivity index (χ3v) is 3.88. The molecule has 18 heavy (non-hydrogen) atoms. The molecule has 0 amide bonds. The first kappa shape index (κ1) is 14.9. The van der Waals surface area contributed by atoms with Gasteiger partial charge in [-0.05, 0) is 18.2 Å². The van der Waals surface area contributed by atoms with E-state index < -0.39 is 23.6 Å². The zero-order valence-corrected chi connectivity index (χ0v) is 10.7. The van der Waals surface area contributed by atoms with Crippen molar-refractivity contribution >= 4 is 17.7 Å². The summed E-state index contributed by atoms with van der Waals surface area (Å²) in [4.78, 5) is 11.2. The fraction of sp³-hybridized carbons (Fsp3) is 0.417. The van der Waals surface area contributed by atoms with E-state index in [4.69, 9.17) is 5.11 Å². The summed E-state index contributed by atoms with van der Waals surface area (Å²) in [6, 6.07) is 4.90. The molecule has 0 aliphatic rings. The number of rotatable bonds is 4. The third-order valence-electron chi connectivity index (χ3n) is 2.58. The van der Waals surface area contributed by atoms with Crippen LogP contribution >= 0.6 is 11.8 Å². The number of carboxylic acids is 1. The summed E-state index contributed by atoms with van der Waals surface area (Å²) in [5.41, 5.74) is -0.720. The fourth-order valence-corrected chi connectivity index (χ4v) is 2.37. The van der Waals surface area contributed by atoms with Gasteiger partial charge in [-0.25, -0.2) is 0 Å². The molecule has 0 fully saturated rings. The standard InChI is InChI=1S/C12H13F3O2S/c1-7(11(16)17)8(2)18-10-5-3-4-9(6-10)12(13,14)15/h3-8H,1-2H3,(H,16,17). The first-order chi connectivity index (χ1) is 8.21. The Morgan fingerprint density at radius 1 is 1.33 bits per heavy atom. The van der Waals surface area contributed by atoms with Gasteiger partial charge in [-0.2, -0.15) is 13.2 Å². The molecule has 2 atom stereocenters. The van der Waals surface area contributed by atoms with Gasteiger partial charge in [-0.3, -0.25) is 4.79 Å². The van der Waals surface area contributed by atoms with E-state index in [1.165, 1.54) is 13.0 Å². The van der Waals surface area contributed by atoms with Crippen LogP contribution in [0.3, 0.4) is 0 Å². The molecule has 2 nitrogen and oxygen atoms in total. The minimum Gasteiger partial charge on any atom is -0.481 e. The lowest BCUT2D eigenvalue weighted by Gasteiger charge is -2.16. The molecule has 0 radical (unpaired) electrons. The van der Waals surface area contributed by atoms with E-state index in [-0.39, 0.29) is 5.25 Å². The van der Waals surface area contributed by atoms with Gasteiger partial charge in [-0.15, -0.1) is 11.8 Å². The third kappa shape index (κ3) is 3.94. The summed E-state index contributed by atoms with van der Waals surface area (Å²) >= 11 is 1.13. The van der Waals surface area contributed by atoms with Gasteiger partial charge in [0.25, 0.3) is 0 Å². The molecule has 0 saturated carbocycles. The number of carbonyl (C=O) groups is 1. The summed E-state index contributed by atoms with van der Waals surface area (Å²) in [6.45, 7) is 3.22. The second-order valence-electron chi connectivity index (χ2n) is 3.98. The van der Waals surface area contributed by atoms with Crippen LogP contribution in [0.15, 0.2) is 29.2 Å². The summed E-state index contributed by atoms with van der Waals surface area (Å²) in [6.07, 6.45) is -4.38. The molecule has 2 unspecified atom stereocenters. The largest absolute Gasteiger partial charge is 0.481 e. The zero-order valence-electron chi connectivity index (χ0n) is 9.86. The Labute approximate surface area is 107 Å². The Balaban J connectivity index is 2.83. The van der Waals surface area contributed by atoms with Gasteiger partial charge in [-0.1, -0.05) is 19.9 Å². The summed E-state index contributed by atoms with van der Waals surface area (Å²) in [7, 11) is 0. The number of halogens is 3. The van der Waals surface area contributed by atoms with Gasteiger partial charge in [0.05, 0.1) is 11.5 Å². The molecule has 100 valence electrons. The summed E-state index contributed by atoms with van der Waals surface area (Å²) in [5.74, 6) is -1.58. The summed E-state index contributed by atoms with van der Waals surface area (Å²) < 4.78 is 37.5. The van der Waals surface area contributed by atoms with Crippen molar-refractivity contribution in [3.05, 3.63) is 29.8 Å². The number of benzene rings is 1. The van der Waals surface area contributed by atoms with Crippen LogP contribution in [-0.2, 0) is 11.0 Å². The number of aliphatic carboxylic acids is 1. The lowest BCUT2D eigenvalue weighted by molar-refractivity contribution is -0.141. The molecular weight excluding hydrogens is 265 g/mol. The first-order valence-corrected chi connectivity index (χ1v) is 6.16. The van der Waals surface area contributed by atoms with Crippen LogP contribution < -0.4 is 0 Å². The van der Waals surface area contributed by atoms with Crippen molar-refractivity contribution in [2.75, 3.05) is 0 Å². The van der Waals surface area contributed by atoms with Crippen molar-refractivity contribution in [3.63, 3.8) is 0 Å². The molecule has 1 rings (SSSR count). The van der Waals surface area contributed by atoms with E-state index >= 15 is 0 Å². The normalized spacial score (nSPS) is 15.2. The van der Waals surface area contributed by atoms with E-state index in [1.807, 2.05) is 0 Å². The van der Waals surface area contributed by atoms with Crippen molar-refractivity contribution in [2.45, 2.75) is 30.2 Å². The van der Waals surface area contributed by atoms with Crippen molar-refractivity contribution in [1.29, 1.82) is 0 Å². The number of carboxylic acid groups (broad SMARTS) is 1. The number of alkyl halides is 3. The van der Waals surface area contributed by atoms with Gasteiger partial charge >= 0.3 is 12.1 Å². The molecule has 1 N–H and O–H groups in total. The second-order valence-corrected chi connectivity index (χ2v) is 5.43. The molecule has 0 aromatic heterocycles. The Hall–Kier alpha value is -1.17. The zero-order chi connectivity index (χ0) is 13.9. The predicted octanol–water partition coefficient (Wildman–Crippen LogP) is 3.91. The first-order valence-electron chi connectivity index (χ1n) is 5.28. The van der Waals surface area contributed by atoms with Gasteiger partial charge in [0.2, 0.25) is 0 Å². The molecule has 0 heterocycles. The molecule has 6 heteroatoms. The summed E-state index contributed by atoms with van der Waals surface area (Å²) in [5, 5.41) is 8.52. The highest BCUT2D eigenvalue weighted by Crippen LogP contribution is 2.34. The Morgan fingerprint density at radius 3 is 2.44 bits per heavy atom. The van der Waals surface area contributed by atoms with E-state index in [2.05, 4.69) is 0 Å². The Bertz CT molecular complexity index is 432. The Morgan fingerprint density at radius 2 is 1.94 bits per heavy atom. The molecule has 0 spiro atoms. The second kappa shape index (κ2) is 5.65. The highest BCUT2D eigenvalue weighted by molar-refractivity contribution is 8.00. The predicted molar refractivity (Wildman–Crippen MR) is 63.6 cm³/mol. The van der Waals surface area contributed by atoms with Gasteiger partial charge in [0, 0.05) is 10.1 Å². The highest BCUT2D eigenvalue weighted by Gasteiger charge is 2.30. The average Bonchev–Trinajstić information content (AvgIpc) is 2.27. The van der Waals surface area contributed by atoms with Crippen molar-refractivity contribution < 1.29 is 23.1 Å². The van der Waals surface area contributed by atoms with Crippen molar-refractivity contribution in [1.82, 2.24) is 0 Å². The van der Waals surface area contributed by atoms with Crippen LogP contribution in [0.25, 0.3) is 0 Å². The Kier molecular flexibility index (Phi) is 4.67. The molecular formula is C12H13F3O2S. The quantitative estimate of drug-likeness (QED) is 0.848. The van der Waals surface area contributed by atoms with Crippen LogP contribution in [0.4, 0.5) is 13.2 Å². The highest BCUT2D eigenvalue weighted by atomic mass is 32.2. The minimum absolute atomic E-state index is 0.300. The molecule has 0 aliphatic carbocycles. The van der Waals surface area contributed by atoms with Crippen LogP contribution in [-0.4, -0.2) is 16.3 Å². The van der Waals surface area contributed by atoms with E-state index in [1.54, 1.807) is 13.0 Å². The van der Waals surface area contributed by atoms with E-state index in [0.29, 0.717) is 4.90 Å². The van der Waals surface area contributed by atoms with E-state index in [9.17, 15) is 18.0 Å². The van der Waals surface area contributed by atoms with Gasteiger partial charge < -0.3 is 5.11 Å². The van der Waals surface area contributed by atoms with Crippen LogP contribution in [0.5, 0.6) is 0 Å². The molecule has 1 aromatic rings. The maximum absolute atomic E-state index is 12.5. The maximum atomic E-state index is 12.5. The lowest BCUT2D eigenvalue weighted by atomic mass is 10.1. The van der Waals surface area contributed by atoms with Gasteiger partial charge in [0.15, 0.2) is 0 Å². The van der Waals surface area contributed by atoms with Crippen LogP contribution in [0, 0.1) is 5.92 Å². The monoisotopic (exact) mass is 278 g/mol. The topological polar surface area (TPSA) is 37.3 Å². The molecule has 0 aliphatic heterocycles. The minimum atomic E-state index is -4.38. The maximum Gasteiger partial charge on any atom is 0.416 e. The molecule has 0 saturated heterocycles. The number of hydrogen-bond acceptors (Lipinski definition) is 2. The average molecular weight is 278 g/mol. The number of hydrogen-bond donors (Lipinski definition) is 1. The lowest BCUT2D eigenvalue weighted by Crippen LogP contribution is -2.19. The van der Waals surface area contributed by atoms with E-state index in [0.717, 1.165) is 23.9 Å². The number of thioether (sulfide) groups is 1. The fourth-order valence-electron chi connectivity index (χ4n) is 1.26. The van der Waals surface area contributed by atoms with Crippen LogP contribution in [0.1, 0.15) is 19.4 Å². The molecule has 0 bridgehead atoms. The van der Waals surface area contributed by atoms with Crippen LogP contribution in [0.2, 0.25) is 0 Å². The smallest absolute Gasteiger partial charge is 0.416 e. The SMILES string of the molecule is CC(Sc1cccc(C(F)(F)F)c1)C(C)C(=O)O.